The first kappa shape index (κ1) is 5.60. The molecule has 0 heterocycles. The molecule has 0 spiro atoms. The Labute approximate surface area is 42.4 Å². The molecule has 5 heavy (non-hydrogen) atoms. The Morgan fingerprint density at radius 3 is 2.40 bits per heavy atom. The van der Waals surface area contributed by atoms with Gasteiger partial charge in [-0.2, -0.15) is 0 Å². The third-order valence-corrected chi connectivity index (χ3v) is 2.73. The molecule has 0 fully saturated rings. The van der Waals surface area contributed by atoms with E-state index >= 15 is 0 Å². The van der Waals surface area contributed by atoms with Crippen LogP contribution in [0.4, 0.5) is 0 Å². The maximum absolute atomic E-state index is 9.72. The topological polar surface area (TPSA) is 17.1 Å². The number of rotatable bonds is 2. The van der Waals surface area contributed by atoms with E-state index in [9.17, 15) is 3.08 Å². The van der Waals surface area contributed by atoms with E-state index in [2.05, 4.69) is 6.92 Å². The van der Waals surface area contributed by atoms with Crippen molar-refractivity contribution < 1.29 is 3.08 Å². The molecule has 0 aliphatic heterocycles. The van der Waals surface area contributed by atoms with Crippen LogP contribution in [0.3, 0.4) is 0 Å². The fourth-order valence-electron chi connectivity index (χ4n) is 0.118. The number of hydrogen-bond acceptors (Lipinski definition) is 1. The molecule has 0 aromatic heterocycles. The molecule has 30 valence electrons. The molecule has 0 amide bonds. The fourth-order valence-corrected chi connectivity index (χ4v) is 0.791. The molecule has 0 saturated heterocycles. The Bertz CT molecular complexity index is 28.1. The van der Waals surface area contributed by atoms with Crippen molar-refractivity contribution in [3.63, 3.8) is 0 Å². The van der Waals surface area contributed by atoms with E-state index in [0.29, 0.717) is 0 Å². The predicted molar refractivity (Wildman–Crippen MR) is 22.9 cm³/mol. The van der Waals surface area contributed by atoms with Gasteiger partial charge < -0.3 is 0 Å². The first-order valence-corrected chi connectivity index (χ1v) is 5.53. The van der Waals surface area contributed by atoms with E-state index in [1.165, 1.54) is 0 Å². The summed E-state index contributed by atoms with van der Waals surface area (Å²) in [6.45, 7) is 2.06. The standard InChI is InChI=1S/C3H7.O.Sn.H/c1-3-2;;;/h1,3H2,2H3;;;. The Morgan fingerprint density at radius 2 is 2.40 bits per heavy atom. The van der Waals surface area contributed by atoms with E-state index in [0.717, 1.165) is 10.9 Å². The van der Waals surface area contributed by atoms with Gasteiger partial charge in [-0.05, 0) is 0 Å². The van der Waals surface area contributed by atoms with E-state index < -0.39 is 21.1 Å². The van der Waals surface area contributed by atoms with Crippen LogP contribution in [0.2, 0.25) is 4.44 Å². The summed E-state index contributed by atoms with van der Waals surface area (Å²) in [7, 11) is 0. The van der Waals surface area contributed by atoms with Crippen LogP contribution in [0.1, 0.15) is 13.3 Å². The van der Waals surface area contributed by atoms with Crippen LogP contribution < -0.4 is 0 Å². The van der Waals surface area contributed by atoms with E-state index in [1.807, 2.05) is 0 Å². The molecular weight excluding hydrogens is 171 g/mol. The number of hydrogen-bond donors (Lipinski definition) is 0. The van der Waals surface area contributed by atoms with Crippen LogP contribution in [-0.4, -0.2) is 21.1 Å². The summed E-state index contributed by atoms with van der Waals surface area (Å²) < 4.78 is 10.7. The van der Waals surface area contributed by atoms with Crippen LogP contribution in [0.25, 0.3) is 0 Å². The van der Waals surface area contributed by atoms with Gasteiger partial charge in [0.1, 0.15) is 0 Å². The van der Waals surface area contributed by atoms with Crippen molar-refractivity contribution in [2.75, 3.05) is 0 Å². The zero-order chi connectivity index (χ0) is 4.12. The van der Waals surface area contributed by atoms with Crippen LogP contribution in [0.15, 0.2) is 0 Å². The van der Waals surface area contributed by atoms with Gasteiger partial charge in [-0.15, -0.1) is 0 Å². The second-order valence-corrected chi connectivity index (χ2v) is 3.55. The monoisotopic (exact) mass is 180 g/mol. The molecule has 0 aromatic rings. The zero-order valence-electron chi connectivity index (χ0n) is 3.40. The van der Waals surface area contributed by atoms with Crippen molar-refractivity contribution >= 4 is 21.1 Å². The Kier molecular flexibility index (Phi) is 5.15. The van der Waals surface area contributed by atoms with Gasteiger partial charge in [0.25, 0.3) is 0 Å². The Hall–Kier alpha value is 0.599. The summed E-state index contributed by atoms with van der Waals surface area (Å²) in [6, 6.07) is 0. The van der Waals surface area contributed by atoms with Crippen LogP contribution >= 0.6 is 0 Å². The summed E-state index contributed by atoms with van der Waals surface area (Å²) in [6.07, 6.45) is 1.12. The SMILES string of the molecule is CC[CH2][SnH]=[O]. The molecule has 0 bridgehead atoms. The van der Waals surface area contributed by atoms with Gasteiger partial charge >= 0.3 is 42.0 Å². The zero-order valence-corrected chi connectivity index (χ0v) is 6.70. The van der Waals surface area contributed by atoms with Crippen LogP contribution in [0, 0.1) is 0 Å². The summed E-state index contributed by atoms with van der Waals surface area (Å²) in [5, 5.41) is 0. The van der Waals surface area contributed by atoms with E-state index in [4.69, 9.17) is 0 Å². The minimum atomic E-state index is -1.18. The molecular formula is C3H8OSn. The van der Waals surface area contributed by atoms with Crippen molar-refractivity contribution in [2.24, 2.45) is 0 Å². The van der Waals surface area contributed by atoms with Gasteiger partial charge in [-0.3, -0.25) is 0 Å². The van der Waals surface area contributed by atoms with E-state index in [1.54, 1.807) is 0 Å². The average molecular weight is 179 g/mol. The molecule has 0 aromatic carbocycles. The van der Waals surface area contributed by atoms with Crippen molar-refractivity contribution in [1.82, 2.24) is 0 Å². The van der Waals surface area contributed by atoms with Gasteiger partial charge in [-0.1, -0.05) is 0 Å². The van der Waals surface area contributed by atoms with Crippen LogP contribution in [0.5, 0.6) is 0 Å². The van der Waals surface area contributed by atoms with Crippen molar-refractivity contribution in [1.29, 1.82) is 0 Å². The minimum absolute atomic E-state index is 1.02. The van der Waals surface area contributed by atoms with Gasteiger partial charge in [0.15, 0.2) is 0 Å². The van der Waals surface area contributed by atoms with Gasteiger partial charge in [0.05, 0.1) is 0 Å². The normalized spacial score (nSPS) is 7.40. The summed E-state index contributed by atoms with van der Waals surface area (Å²) in [5.41, 5.74) is 0. The predicted octanol–water partition coefficient (Wildman–Crippen LogP) is 0.597. The first-order chi connectivity index (χ1) is 2.41. The maximum atomic E-state index is 9.72. The molecule has 0 N–H and O–H groups in total. The molecule has 1 nitrogen and oxygen atoms in total. The molecule has 0 radical (unpaired) electrons. The molecule has 0 rings (SSSR count). The Morgan fingerprint density at radius 1 is 1.80 bits per heavy atom. The molecule has 0 unspecified atom stereocenters. The molecule has 0 saturated carbocycles. The van der Waals surface area contributed by atoms with Gasteiger partial charge in [-0.25, -0.2) is 0 Å². The fraction of sp³-hybridized carbons (Fsp3) is 1.00. The average Bonchev–Trinajstić information content (AvgIpc) is 1.41. The third-order valence-electron chi connectivity index (χ3n) is 0.407. The van der Waals surface area contributed by atoms with Gasteiger partial charge in [0, 0.05) is 0 Å². The first-order valence-electron chi connectivity index (χ1n) is 1.85. The van der Waals surface area contributed by atoms with Gasteiger partial charge in [0.2, 0.25) is 0 Å². The van der Waals surface area contributed by atoms with E-state index in [-0.39, 0.29) is 0 Å². The summed E-state index contributed by atoms with van der Waals surface area (Å²) >= 11 is -1.18. The van der Waals surface area contributed by atoms with Crippen molar-refractivity contribution in [3.8, 4) is 0 Å². The summed E-state index contributed by atoms with van der Waals surface area (Å²) in [4.78, 5) is 0. The summed E-state index contributed by atoms with van der Waals surface area (Å²) in [5.74, 6) is 0. The quantitative estimate of drug-likeness (QED) is 0.567. The van der Waals surface area contributed by atoms with Crippen molar-refractivity contribution in [2.45, 2.75) is 17.8 Å². The van der Waals surface area contributed by atoms with Crippen LogP contribution in [-0.2, 0) is 3.08 Å². The van der Waals surface area contributed by atoms with Crippen molar-refractivity contribution in [3.05, 3.63) is 0 Å². The second kappa shape index (κ2) is 4.60. The molecule has 0 atom stereocenters. The molecule has 2 heteroatoms. The molecule has 0 aliphatic carbocycles. The molecule has 0 aliphatic rings. The Balaban J connectivity index is 2.40. The second-order valence-electron chi connectivity index (χ2n) is 0.955. The third kappa shape index (κ3) is 4.60.